The number of nitrogens with two attached hydrogens (primary N) is 1. The van der Waals surface area contributed by atoms with Crippen LogP contribution in [0, 0.1) is 5.41 Å². The van der Waals surface area contributed by atoms with Crippen LogP contribution in [-0.2, 0) is 20.2 Å². The molecule has 0 spiro atoms. The molecule has 1 aliphatic carbocycles. The third-order valence-corrected chi connectivity index (χ3v) is 8.59. The highest BCUT2D eigenvalue weighted by Gasteiger charge is 2.44. The molecule has 0 bridgehead atoms. The number of carbonyl (C=O) groups is 3. The molecule has 5 rings (SSSR count). The van der Waals surface area contributed by atoms with Crippen molar-refractivity contribution in [1.82, 2.24) is 15.5 Å². The lowest BCUT2D eigenvalue weighted by Gasteiger charge is -2.25. The zero-order chi connectivity index (χ0) is 31.1. The van der Waals surface area contributed by atoms with E-state index < -0.39 is 55.0 Å². The fraction of sp³-hybridized carbons (Fsp3) is 0.310. The lowest BCUT2D eigenvalue weighted by atomic mass is 10.0. The van der Waals surface area contributed by atoms with Crippen molar-refractivity contribution in [3.8, 4) is 11.1 Å². The summed E-state index contributed by atoms with van der Waals surface area (Å²) in [6.45, 7) is -2.30. The Labute approximate surface area is 247 Å². The average molecular weight is 618 g/mol. The first-order valence-electron chi connectivity index (χ1n) is 13.2. The summed E-state index contributed by atoms with van der Waals surface area (Å²) in [5.41, 5.74) is 6.15. The van der Waals surface area contributed by atoms with Crippen molar-refractivity contribution >= 4 is 34.9 Å². The number of ether oxygens (including phenoxy) is 1. The Hall–Kier alpha value is -4.30. The van der Waals surface area contributed by atoms with Gasteiger partial charge in [0.1, 0.15) is 11.9 Å². The van der Waals surface area contributed by atoms with Gasteiger partial charge >= 0.3 is 6.61 Å². The first kappa shape index (κ1) is 30.2. The maximum Gasteiger partial charge on any atom is 0.345 e. The van der Waals surface area contributed by atoms with E-state index in [-0.39, 0.29) is 41.1 Å². The number of nitrogens with zero attached hydrogens (tertiary/aromatic N) is 1. The van der Waals surface area contributed by atoms with Crippen LogP contribution in [0.4, 0.5) is 17.6 Å². The molecule has 43 heavy (non-hydrogen) atoms. The maximum atomic E-state index is 14.9. The van der Waals surface area contributed by atoms with Gasteiger partial charge in [-0.2, -0.15) is 17.6 Å². The van der Waals surface area contributed by atoms with Crippen molar-refractivity contribution in [2.24, 2.45) is 5.73 Å². The standard InChI is InChI=1S/C29H27F4N5O4S/c1-14(23-9-16(13-43-23)25(34)35)37-27(41)22-10-17(42-28(30)31)12-38(22)24(39)11-36-26(40)15-6-7-21-19(8-15)18-4-2-3-5-20(18)29(21,32)33/h2-9,13-14,17,22,28H,10-12H2,1H3,(H3,34,35)(H,36,40)(H,37,41)/t14-,17-,22+/m1/s1. The van der Waals surface area contributed by atoms with Gasteiger partial charge in [0.05, 0.1) is 18.7 Å². The Bertz CT molecular complexity index is 1600. The molecule has 226 valence electrons. The number of hydrogen-bond donors (Lipinski definition) is 4. The van der Waals surface area contributed by atoms with E-state index in [1.54, 1.807) is 24.4 Å². The van der Waals surface area contributed by atoms with Gasteiger partial charge < -0.3 is 26.0 Å². The van der Waals surface area contributed by atoms with E-state index >= 15 is 0 Å². The monoisotopic (exact) mass is 617 g/mol. The fourth-order valence-electron chi connectivity index (χ4n) is 5.35. The van der Waals surface area contributed by atoms with E-state index in [1.165, 1.54) is 47.7 Å². The predicted octanol–water partition coefficient (Wildman–Crippen LogP) is 3.97. The van der Waals surface area contributed by atoms with Crippen molar-refractivity contribution in [1.29, 1.82) is 5.41 Å². The number of likely N-dealkylation sites (tertiary alicyclic amines) is 1. The van der Waals surface area contributed by atoms with Gasteiger partial charge in [0.2, 0.25) is 11.8 Å². The number of rotatable bonds is 9. The van der Waals surface area contributed by atoms with Crippen molar-refractivity contribution in [3.05, 3.63) is 81.0 Å². The molecule has 5 N–H and O–H groups in total. The van der Waals surface area contributed by atoms with Crippen LogP contribution in [0.5, 0.6) is 0 Å². The van der Waals surface area contributed by atoms with Gasteiger partial charge in [0.15, 0.2) is 0 Å². The summed E-state index contributed by atoms with van der Waals surface area (Å²) < 4.78 is 60.2. The number of fused-ring (bicyclic) bond motifs is 3. The molecule has 0 radical (unpaired) electrons. The molecule has 1 aromatic heterocycles. The number of hydrogen-bond acceptors (Lipinski definition) is 6. The zero-order valence-corrected chi connectivity index (χ0v) is 23.5. The lowest BCUT2D eigenvalue weighted by Crippen LogP contribution is -2.49. The Morgan fingerprint density at radius 3 is 2.53 bits per heavy atom. The van der Waals surface area contributed by atoms with Gasteiger partial charge in [-0.25, -0.2) is 0 Å². The Kier molecular flexibility index (Phi) is 8.25. The zero-order valence-electron chi connectivity index (χ0n) is 22.7. The van der Waals surface area contributed by atoms with Gasteiger partial charge in [-0.05, 0) is 36.2 Å². The summed E-state index contributed by atoms with van der Waals surface area (Å²) in [4.78, 5) is 41.0. The summed E-state index contributed by atoms with van der Waals surface area (Å²) in [6, 6.07) is 9.69. The molecule has 0 saturated carbocycles. The van der Waals surface area contributed by atoms with Crippen LogP contribution in [0.15, 0.2) is 53.9 Å². The normalized spacial score (nSPS) is 19.1. The molecule has 1 aliphatic heterocycles. The molecule has 14 heteroatoms. The molecule has 9 nitrogen and oxygen atoms in total. The van der Waals surface area contributed by atoms with Crippen molar-refractivity contribution < 1.29 is 36.7 Å². The Morgan fingerprint density at radius 2 is 1.84 bits per heavy atom. The molecule has 0 unspecified atom stereocenters. The minimum absolute atomic E-state index is 0.0448. The third-order valence-electron chi connectivity index (χ3n) is 7.47. The minimum atomic E-state index is -3.21. The summed E-state index contributed by atoms with van der Waals surface area (Å²) in [5, 5.41) is 14.4. The third kappa shape index (κ3) is 5.97. The first-order chi connectivity index (χ1) is 20.4. The molecule has 2 heterocycles. The number of halogens is 4. The van der Waals surface area contributed by atoms with Gasteiger partial charge in [0, 0.05) is 45.5 Å². The summed E-state index contributed by atoms with van der Waals surface area (Å²) in [5.74, 6) is -5.38. The van der Waals surface area contributed by atoms with Crippen molar-refractivity contribution in [2.75, 3.05) is 13.1 Å². The Balaban J connectivity index is 1.27. The topological polar surface area (TPSA) is 138 Å². The average Bonchev–Trinajstić information content (AvgIpc) is 3.68. The Morgan fingerprint density at radius 1 is 1.12 bits per heavy atom. The second kappa shape index (κ2) is 11.8. The van der Waals surface area contributed by atoms with Crippen LogP contribution < -0.4 is 16.4 Å². The van der Waals surface area contributed by atoms with E-state index in [1.807, 2.05) is 0 Å². The highest BCUT2D eigenvalue weighted by molar-refractivity contribution is 7.10. The van der Waals surface area contributed by atoms with E-state index in [9.17, 15) is 31.9 Å². The number of thiophene rings is 1. The molecular weight excluding hydrogens is 590 g/mol. The van der Waals surface area contributed by atoms with E-state index in [4.69, 9.17) is 11.1 Å². The van der Waals surface area contributed by atoms with Crippen LogP contribution in [0.2, 0.25) is 0 Å². The molecule has 1 fully saturated rings. The molecule has 2 aromatic carbocycles. The SMILES string of the molecule is C[C@@H](NC(=O)[C@@H]1C[C@@H](OC(F)F)CN1C(=O)CNC(=O)c1ccc2c(c1)-c1ccccc1C2(F)F)c1cc(C(=N)N)cs1. The van der Waals surface area contributed by atoms with Crippen molar-refractivity contribution in [3.63, 3.8) is 0 Å². The summed E-state index contributed by atoms with van der Waals surface area (Å²) >= 11 is 1.27. The number of amides is 3. The predicted molar refractivity (Wildman–Crippen MR) is 150 cm³/mol. The van der Waals surface area contributed by atoms with E-state index in [2.05, 4.69) is 15.4 Å². The molecule has 1 saturated heterocycles. The molecule has 3 amide bonds. The van der Waals surface area contributed by atoms with Gasteiger partial charge in [-0.15, -0.1) is 11.3 Å². The lowest BCUT2D eigenvalue weighted by molar-refractivity contribution is -0.160. The fourth-order valence-corrected chi connectivity index (χ4v) is 6.26. The first-order valence-corrected chi connectivity index (χ1v) is 14.1. The number of benzene rings is 2. The van der Waals surface area contributed by atoms with Gasteiger partial charge in [0.25, 0.3) is 11.8 Å². The van der Waals surface area contributed by atoms with Crippen LogP contribution in [0.3, 0.4) is 0 Å². The second-order valence-corrected chi connectivity index (χ2v) is 11.2. The molecular formula is C29H27F4N5O4S. The van der Waals surface area contributed by atoms with E-state index in [0.29, 0.717) is 16.0 Å². The number of carbonyl (C=O) groups excluding carboxylic acids is 3. The molecule has 3 atom stereocenters. The van der Waals surface area contributed by atoms with Gasteiger partial charge in [-0.1, -0.05) is 30.3 Å². The molecule has 2 aliphatic rings. The largest absolute Gasteiger partial charge is 0.384 e. The van der Waals surface area contributed by atoms with Crippen LogP contribution in [0.25, 0.3) is 11.1 Å². The maximum absolute atomic E-state index is 14.9. The summed E-state index contributed by atoms with van der Waals surface area (Å²) in [7, 11) is 0. The number of amidine groups is 1. The quantitative estimate of drug-likeness (QED) is 0.164. The molecule has 3 aromatic rings. The smallest absolute Gasteiger partial charge is 0.345 e. The number of nitrogen functional groups attached to an aromatic ring is 1. The highest BCUT2D eigenvalue weighted by atomic mass is 32.1. The van der Waals surface area contributed by atoms with E-state index in [0.717, 1.165) is 4.90 Å². The van der Waals surface area contributed by atoms with Crippen molar-refractivity contribution in [2.45, 2.75) is 44.1 Å². The minimum Gasteiger partial charge on any atom is -0.384 e. The van der Waals surface area contributed by atoms with Crippen LogP contribution in [-0.4, -0.2) is 60.3 Å². The highest BCUT2D eigenvalue weighted by Crippen LogP contribution is 2.50. The van der Waals surface area contributed by atoms with Crippen LogP contribution in [0.1, 0.15) is 51.3 Å². The summed E-state index contributed by atoms with van der Waals surface area (Å²) in [6.07, 6.45) is -1.31. The second-order valence-electron chi connectivity index (χ2n) is 10.3. The number of alkyl halides is 4. The van der Waals surface area contributed by atoms with Gasteiger partial charge in [-0.3, -0.25) is 19.8 Å². The number of nitrogens with one attached hydrogen (secondary N) is 3. The van der Waals surface area contributed by atoms with Crippen LogP contribution >= 0.6 is 11.3 Å².